The van der Waals surface area contributed by atoms with Gasteiger partial charge in [0.2, 0.25) is 11.8 Å². The lowest BCUT2D eigenvalue weighted by molar-refractivity contribution is -0.144. The number of nitrogens with one attached hydrogen (secondary N) is 1. The predicted octanol–water partition coefficient (Wildman–Crippen LogP) is 1.19. The largest absolute Gasteiger partial charge is 0.375 e. The number of pyridine rings is 1. The zero-order valence-electron chi connectivity index (χ0n) is 16.4. The third-order valence-corrected chi connectivity index (χ3v) is 6.45. The van der Waals surface area contributed by atoms with Crippen molar-refractivity contribution in [1.82, 2.24) is 20.1 Å². The Bertz CT molecular complexity index is 682. The van der Waals surface area contributed by atoms with E-state index in [0.717, 1.165) is 57.5 Å². The van der Waals surface area contributed by atoms with Gasteiger partial charge in [0, 0.05) is 58.1 Å². The summed E-state index contributed by atoms with van der Waals surface area (Å²) in [5.74, 6) is 0.437. The highest BCUT2D eigenvalue weighted by Gasteiger charge is 2.41. The quantitative estimate of drug-likeness (QED) is 0.841. The lowest BCUT2D eigenvalue weighted by Crippen LogP contribution is -2.52. The highest BCUT2D eigenvalue weighted by molar-refractivity contribution is 5.78. The first-order valence-corrected chi connectivity index (χ1v) is 10.4. The molecule has 1 aromatic heterocycles. The molecular formula is C21H30N4O3. The first-order valence-electron chi connectivity index (χ1n) is 10.4. The topological polar surface area (TPSA) is 74.8 Å². The van der Waals surface area contributed by atoms with Crippen molar-refractivity contribution in [3.05, 3.63) is 30.1 Å². The number of likely N-dealkylation sites (tertiary alicyclic amines) is 2. The van der Waals surface area contributed by atoms with Crippen LogP contribution in [0.1, 0.15) is 37.7 Å². The van der Waals surface area contributed by atoms with Crippen LogP contribution in [-0.2, 0) is 20.9 Å². The molecule has 3 aliphatic heterocycles. The number of hydrogen-bond donors (Lipinski definition) is 1. The van der Waals surface area contributed by atoms with Gasteiger partial charge in [0.05, 0.1) is 19.1 Å². The minimum Gasteiger partial charge on any atom is -0.375 e. The van der Waals surface area contributed by atoms with Crippen LogP contribution < -0.4 is 5.32 Å². The number of aromatic nitrogens is 1. The second-order valence-electron chi connectivity index (χ2n) is 8.39. The molecule has 0 saturated carbocycles. The van der Waals surface area contributed by atoms with Crippen molar-refractivity contribution in [3.8, 4) is 0 Å². The first kappa shape index (κ1) is 19.3. The molecule has 152 valence electrons. The Labute approximate surface area is 166 Å². The fraction of sp³-hybridized carbons (Fsp3) is 0.667. The SMILES string of the molecule is O=C(C[C@H]1CNCCO1)N1CCC2(CCC(=O)N(Cc3ccncc3)C2)CC1. The van der Waals surface area contributed by atoms with Crippen LogP contribution >= 0.6 is 0 Å². The normalized spacial score (nSPS) is 25.1. The van der Waals surface area contributed by atoms with Crippen LogP contribution in [0.2, 0.25) is 0 Å². The first-order chi connectivity index (χ1) is 13.6. The molecule has 7 heteroatoms. The Hall–Kier alpha value is -1.99. The second-order valence-corrected chi connectivity index (χ2v) is 8.39. The van der Waals surface area contributed by atoms with E-state index in [1.54, 1.807) is 12.4 Å². The zero-order chi connectivity index (χ0) is 19.4. The van der Waals surface area contributed by atoms with Gasteiger partial charge in [-0.2, -0.15) is 0 Å². The fourth-order valence-electron chi connectivity index (χ4n) is 4.67. The zero-order valence-corrected chi connectivity index (χ0v) is 16.4. The molecule has 4 heterocycles. The molecule has 0 radical (unpaired) electrons. The van der Waals surface area contributed by atoms with Crippen molar-refractivity contribution in [2.75, 3.05) is 39.3 Å². The summed E-state index contributed by atoms with van der Waals surface area (Å²) in [6.07, 6.45) is 7.51. The monoisotopic (exact) mass is 386 g/mol. The number of piperidine rings is 2. The van der Waals surface area contributed by atoms with Crippen LogP contribution in [0.4, 0.5) is 0 Å². The Balaban J connectivity index is 1.31. The molecule has 1 N–H and O–H groups in total. The molecule has 4 rings (SSSR count). The molecule has 7 nitrogen and oxygen atoms in total. The number of morpholine rings is 1. The van der Waals surface area contributed by atoms with E-state index < -0.39 is 0 Å². The molecule has 0 bridgehead atoms. The van der Waals surface area contributed by atoms with Crippen LogP contribution in [0.15, 0.2) is 24.5 Å². The van der Waals surface area contributed by atoms with E-state index in [2.05, 4.69) is 10.3 Å². The molecule has 3 fully saturated rings. The summed E-state index contributed by atoms with van der Waals surface area (Å²) in [5.41, 5.74) is 1.27. The number of hydrogen-bond acceptors (Lipinski definition) is 5. The lowest BCUT2D eigenvalue weighted by atomic mass is 9.72. The summed E-state index contributed by atoms with van der Waals surface area (Å²) < 4.78 is 5.67. The van der Waals surface area contributed by atoms with Crippen LogP contribution in [0.3, 0.4) is 0 Å². The molecule has 3 saturated heterocycles. The van der Waals surface area contributed by atoms with Crippen LogP contribution in [0, 0.1) is 5.41 Å². The Morgan fingerprint density at radius 3 is 2.75 bits per heavy atom. The van der Waals surface area contributed by atoms with Gasteiger partial charge in [-0.1, -0.05) is 0 Å². The van der Waals surface area contributed by atoms with Gasteiger partial charge in [0.1, 0.15) is 0 Å². The minimum absolute atomic E-state index is 0.000271. The van der Waals surface area contributed by atoms with Crippen LogP contribution in [0.5, 0.6) is 0 Å². The van der Waals surface area contributed by atoms with Gasteiger partial charge in [-0.25, -0.2) is 0 Å². The van der Waals surface area contributed by atoms with Crippen molar-refractivity contribution in [2.45, 2.75) is 44.8 Å². The summed E-state index contributed by atoms with van der Waals surface area (Å²) in [4.78, 5) is 33.1. The summed E-state index contributed by atoms with van der Waals surface area (Å²) in [6.45, 7) is 5.33. The number of nitrogens with zero attached hydrogens (tertiary/aromatic N) is 3. The maximum Gasteiger partial charge on any atom is 0.225 e. The van der Waals surface area contributed by atoms with Crippen LogP contribution in [0.25, 0.3) is 0 Å². The summed E-state index contributed by atoms with van der Waals surface area (Å²) in [5, 5.41) is 3.28. The van der Waals surface area contributed by atoms with Crippen molar-refractivity contribution >= 4 is 11.8 Å². The van der Waals surface area contributed by atoms with E-state index in [0.29, 0.717) is 26.0 Å². The molecule has 3 aliphatic rings. The molecule has 0 unspecified atom stereocenters. The maximum absolute atomic E-state index is 12.6. The number of ether oxygens (including phenoxy) is 1. The van der Waals surface area contributed by atoms with Gasteiger partial charge < -0.3 is 19.9 Å². The number of carbonyl (C=O) groups excluding carboxylic acids is 2. The molecular weight excluding hydrogens is 356 g/mol. The van der Waals surface area contributed by atoms with Gasteiger partial charge in [0.15, 0.2) is 0 Å². The minimum atomic E-state index is 0.000271. The van der Waals surface area contributed by atoms with Crippen molar-refractivity contribution < 1.29 is 14.3 Å². The molecule has 1 aromatic rings. The van der Waals surface area contributed by atoms with E-state index in [9.17, 15) is 9.59 Å². The third-order valence-electron chi connectivity index (χ3n) is 6.45. The highest BCUT2D eigenvalue weighted by atomic mass is 16.5. The number of carbonyl (C=O) groups is 2. The summed E-state index contributed by atoms with van der Waals surface area (Å²) >= 11 is 0. The molecule has 0 aromatic carbocycles. The van der Waals surface area contributed by atoms with Gasteiger partial charge in [0.25, 0.3) is 0 Å². The van der Waals surface area contributed by atoms with Crippen LogP contribution in [-0.4, -0.2) is 72.0 Å². The summed E-state index contributed by atoms with van der Waals surface area (Å²) in [6, 6.07) is 3.94. The van der Waals surface area contributed by atoms with E-state index in [1.165, 1.54) is 0 Å². The van der Waals surface area contributed by atoms with E-state index in [4.69, 9.17) is 4.74 Å². The van der Waals surface area contributed by atoms with Crippen molar-refractivity contribution in [3.63, 3.8) is 0 Å². The van der Waals surface area contributed by atoms with Gasteiger partial charge in [-0.05, 0) is 42.4 Å². The standard InChI is InChI=1S/C21H30N4O3/c26-19-1-4-21(16-25(19)15-17-2-7-22-8-3-17)5-10-24(11-6-21)20(27)13-18-14-23-9-12-28-18/h2-3,7-8,18,23H,1,4-6,9-16H2/t18-/m0/s1. The molecule has 1 spiro atoms. The Morgan fingerprint density at radius 1 is 1.25 bits per heavy atom. The Morgan fingerprint density at radius 2 is 2.04 bits per heavy atom. The highest BCUT2D eigenvalue weighted by Crippen LogP contribution is 2.40. The number of amides is 2. The molecule has 0 aliphatic carbocycles. The van der Waals surface area contributed by atoms with Gasteiger partial charge in [-0.3, -0.25) is 14.6 Å². The lowest BCUT2D eigenvalue weighted by Gasteiger charge is -2.47. The van der Waals surface area contributed by atoms with E-state index in [-0.39, 0.29) is 23.3 Å². The number of rotatable bonds is 4. The third kappa shape index (κ3) is 4.52. The predicted molar refractivity (Wildman–Crippen MR) is 104 cm³/mol. The summed E-state index contributed by atoms with van der Waals surface area (Å²) in [7, 11) is 0. The Kier molecular flexibility index (Phi) is 5.92. The fourth-order valence-corrected chi connectivity index (χ4v) is 4.67. The van der Waals surface area contributed by atoms with Crippen molar-refractivity contribution in [1.29, 1.82) is 0 Å². The van der Waals surface area contributed by atoms with E-state index >= 15 is 0 Å². The molecule has 1 atom stereocenters. The van der Waals surface area contributed by atoms with E-state index in [1.807, 2.05) is 21.9 Å². The average molecular weight is 386 g/mol. The average Bonchev–Trinajstić information content (AvgIpc) is 2.73. The molecule has 2 amide bonds. The van der Waals surface area contributed by atoms with Gasteiger partial charge >= 0.3 is 0 Å². The maximum atomic E-state index is 12.6. The van der Waals surface area contributed by atoms with Crippen molar-refractivity contribution in [2.24, 2.45) is 5.41 Å². The second kappa shape index (κ2) is 8.57. The molecule has 28 heavy (non-hydrogen) atoms. The van der Waals surface area contributed by atoms with Gasteiger partial charge in [-0.15, -0.1) is 0 Å². The smallest absolute Gasteiger partial charge is 0.225 e.